The topological polar surface area (TPSA) is 52.6 Å². The van der Waals surface area contributed by atoms with E-state index in [4.69, 9.17) is 9.47 Å². The van der Waals surface area contributed by atoms with Gasteiger partial charge in [-0.1, -0.05) is 65.2 Å². The first-order chi connectivity index (χ1) is 15.3. The van der Waals surface area contributed by atoms with E-state index in [-0.39, 0.29) is 24.1 Å². The van der Waals surface area contributed by atoms with Crippen molar-refractivity contribution in [1.29, 1.82) is 0 Å². The van der Waals surface area contributed by atoms with Gasteiger partial charge in [0.05, 0.1) is 23.3 Å². The number of hydrogen-bond donors (Lipinski definition) is 0. The lowest BCUT2D eigenvalue weighted by molar-refractivity contribution is 0.0301. The van der Waals surface area contributed by atoms with Gasteiger partial charge in [0.1, 0.15) is 0 Å². The molecule has 0 aliphatic heterocycles. The maximum Gasteiger partial charge on any atom is 0.339 e. The van der Waals surface area contributed by atoms with Gasteiger partial charge >= 0.3 is 11.9 Å². The first kappa shape index (κ1) is 29.7. The fraction of sp³-hybridized carbons (Fsp3) is 0.692. The summed E-state index contributed by atoms with van der Waals surface area (Å²) in [7, 11) is 0. The molecule has 0 saturated heterocycles. The van der Waals surface area contributed by atoms with Crippen LogP contribution >= 0.6 is 45.2 Å². The average molecular weight is 670 g/mol. The molecule has 0 aliphatic carbocycles. The highest BCUT2D eigenvalue weighted by Crippen LogP contribution is 2.24. The lowest BCUT2D eigenvalue weighted by Crippen LogP contribution is -2.19. The van der Waals surface area contributed by atoms with Gasteiger partial charge < -0.3 is 9.47 Å². The van der Waals surface area contributed by atoms with E-state index in [1.54, 1.807) is 12.1 Å². The summed E-state index contributed by atoms with van der Waals surface area (Å²) in [4.78, 5) is 25.3. The summed E-state index contributed by atoms with van der Waals surface area (Å²) < 4.78 is 12.7. The predicted octanol–water partition coefficient (Wildman–Crippen LogP) is 8.71. The van der Waals surface area contributed by atoms with Crippen LogP contribution in [0.5, 0.6) is 0 Å². The van der Waals surface area contributed by atoms with E-state index in [0.29, 0.717) is 18.3 Å². The maximum atomic E-state index is 12.7. The zero-order valence-corrected chi connectivity index (χ0v) is 24.5. The Labute approximate surface area is 222 Å². The van der Waals surface area contributed by atoms with Gasteiger partial charge in [-0.15, -0.1) is 0 Å². The van der Waals surface area contributed by atoms with E-state index in [0.717, 1.165) is 25.7 Å². The molecule has 0 heterocycles. The Morgan fingerprint density at radius 2 is 1.03 bits per heavy atom. The fourth-order valence-corrected chi connectivity index (χ4v) is 4.92. The summed E-state index contributed by atoms with van der Waals surface area (Å²) in [5.74, 6) is -0.650. The number of unbranched alkanes of at least 4 members (excludes halogenated alkanes) is 8. The van der Waals surface area contributed by atoms with E-state index >= 15 is 0 Å². The van der Waals surface area contributed by atoms with Crippen LogP contribution in [0.2, 0.25) is 0 Å². The maximum absolute atomic E-state index is 12.7. The number of rotatable bonds is 16. The average Bonchev–Trinajstić information content (AvgIpc) is 2.74. The molecular formula is C26H40I2O4. The van der Waals surface area contributed by atoms with Crippen LogP contribution < -0.4 is 0 Å². The van der Waals surface area contributed by atoms with Crippen LogP contribution in [0.1, 0.15) is 125 Å². The lowest BCUT2D eigenvalue weighted by Gasteiger charge is -2.16. The summed E-state index contributed by atoms with van der Waals surface area (Å²) in [5, 5.41) is 0. The van der Waals surface area contributed by atoms with Crippen molar-refractivity contribution in [3.05, 3.63) is 30.4 Å². The second-order valence-corrected chi connectivity index (χ2v) is 11.0. The Kier molecular flexibility index (Phi) is 15.9. The number of carbonyl (C=O) groups excluding carboxylic acids is 2. The number of ether oxygens (including phenoxy) is 2. The monoisotopic (exact) mass is 670 g/mol. The molecule has 1 aromatic carbocycles. The highest BCUT2D eigenvalue weighted by atomic mass is 127. The second kappa shape index (κ2) is 17.1. The minimum absolute atomic E-state index is 0.111. The van der Waals surface area contributed by atoms with Crippen LogP contribution in [-0.4, -0.2) is 24.1 Å². The van der Waals surface area contributed by atoms with Gasteiger partial charge in [-0.3, -0.25) is 0 Å². The van der Waals surface area contributed by atoms with Gasteiger partial charge in [0.2, 0.25) is 0 Å². The van der Waals surface area contributed by atoms with Gasteiger partial charge in [-0.25, -0.2) is 9.59 Å². The summed E-state index contributed by atoms with van der Waals surface area (Å²) in [6.07, 6.45) is 13.5. The molecule has 0 amide bonds. The van der Waals surface area contributed by atoms with E-state index in [1.807, 2.05) is 13.8 Å². The molecule has 2 unspecified atom stereocenters. The van der Waals surface area contributed by atoms with E-state index in [9.17, 15) is 9.59 Å². The van der Waals surface area contributed by atoms with Crippen LogP contribution in [-0.2, 0) is 9.47 Å². The van der Waals surface area contributed by atoms with Gasteiger partial charge in [0.25, 0.3) is 0 Å². The van der Waals surface area contributed by atoms with Crippen molar-refractivity contribution in [2.45, 2.75) is 117 Å². The van der Waals surface area contributed by atoms with Crippen molar-refractivity contribution in [3.63, 3.8) is 0 Å². The van der Waals surface area contributed by atoms with E-state index < -0.39 is 0 Å². The first-order valence-corrected chi connectivity index (χ1v) is 14.4. The third-order valence-corrected chi connectivity index (χ3v) is 7.33. The van der Waals surface area contributed by atoms with Gasteiger partial charge in [-0.2, -0.15) is 0 Å². The molecule has 4 nitrogen and oxygen atoms in total. The van der Waals surface area contributed by atoms with Crippen molar-refractivity contribution in [2.75, 3.05) is 0 Å². The molecule has 0 aromatic heterocycles. The number of carbonyl (C=O) groups is 2. The zero-order chi connectivity index (χ0) is 23.9. The normalized spacial score (nSPS) is 12.9. The Morgan fingerprint density at radius 3 is 1.38 bits per heavy atom. The molecule has 0 N–H and O–H groups in total. The van der Waals surface area contributed by atoms with Crippen molar-refractivity contribution in [2.24, 2.45) is 0 Å². The predicted molar refractivity (Wildman–Crippen MR) is 148 cm³/mol. The second-order valence-electron chi connectivity index (χ2n) is 8.65. The van der Waals surface area contributed by atoms with Crippen molar-refractivity contribution in [3.8, 4) is 0 Å². The van der Waals surface area contributed by atoms with Gasteiger partial charge in [0.15, 0.2) is 0 Å². The smallest absolute Gasteiger partial charge is 0.339 e. The Hall–Kier alpha value is -0.380. The fourth-order valence-electron chi connectivity index (χ4n) is 3.54. The van der Waals surface area contributed by atoms with Crippen LogP contribution in [0.15, 0.2) is 12.1 Å². The molecular weight excluding hydrogens is 630 g/mol. The molecule has 1 rings (SSSR count). The Morgan fingerprint density at radius 1 is 0.688 bits per heavy atom. The molecule has 0 bridgehead atoms. The number of hydrogen-bond acceptors (Lipinski definition) is 4. The molecule has 182 valence electrons. The Bertz CT molecular complexity index is 646. The van der Waals surface area contributed by atoms with Crippen molar-refractivity contribution < 1.29 is 19.1 Å². The molecule has 0 spiro atoms. The number of benzene rings is 1. The minimum atomic E-state index is -0.325. The molecule has 0 fully saturated rings. The van der Waals surface area contributed by atoms with Crippen molar-refractivity contribution >= 4 is 57.1 Å². The molecule has 32 heavy (non-hydrogen) atoms. The van der Waals surface area contributed by atoms with Gasteiger partial charge in [0, 0.05) is 7.14 Å². The largest absolute Gasteiger partial charge is 0.459 e. The standard InChI is InChI=1S/C26H40I2O4/c1-5-7-9-11-13-15-19(3)31-25(29)21-17-24(28)22(18-23(21)27)26(30)32-20(4)16-14-12-10-8-6-2/h17-20H,5-16H2,1-4H3. The van der Waals surface area contributed by atoms with Crippen molar-refractivity contribution in [1.82, 2.24) is 0 Å². The lowest BCUT2D eigenvalue weighted by atomic mass is 10.1. The quantitative estimate of drug-likeness (QED) is 0.100. The zero-order valence-electron chi connectivity index (χ0n) is 20.2. The molecule has 0 aliphatic rings. The van der Waals surface area contributed by atoms with Gasteiger partial charge in [-0.05, 0) is 96.8 Å². The molecule has 0 saturated carbocycles. The van der Waals surface area contributed by atoms with Crippen LogP contribution in [0.4, 0.5) is 0 Å². The minimum Gasteiger partial charge on any atom is -0.459 e. The summed E-state index contributed by atoms with van der Waals surface area (Å²) >= 11 is 4.20. The molecule has 2 atom stereocenters. The summed E-state index contributed by atoms with van der Waals surface area (Å²) in [5.41, 5.74) is 1.02. The Balaban J connectivity index is 2.59. The number of halogens is 2. The third kappa shape index (κ3) is 11.7. The van der Waals surface area contributed by atoms with Crippen LogP contribution in [0, 0.1) is 7.14 Å². The third-order valence-electron chi connectivity index (χ3n) is 5.54. The van der Waals surface area contributed by atoms with E-state index in [2.05, 4.69) is 59.0 Å². The first-order valence-electron chi connectivity index (χ1n) is 12.2. The summed E-state index contributed by atoms with van der Waals surface area (Å²) in [6.45, 7) is 8.30. The summed E-state index contributed by atoms with van der Waals surface area (Å²) in [6, 6.07) is 3.48. The molecule has 1 aromatic rings. The number of esters is 2. The van der Waals surface area contributed by atoms with E-state index in [1.165, 1.54) is 51.4 Å². The molecule has 6 heteroatoms. The van der Waals surface area contributed by atoms with Crippen LogP contribution in [0.25, 0.3) is 0 Å². The highest BCUT2D eigenvalue weighted by Gasteiger charge is 2.21. The molecule has 0 radical (unpaired) electrons. The SMILES string of the molecule is CCCCCCCC(C)OC(=O)c1cc(I)c(C(=O)OC(C)CCCCCCC)cc1I. The highest BCUT2D eigenvalue weighted by molar-refractivity contribution is 14.1. The van der Waals surface area contributed by atoms with Crippen LogP contribution in [0.3, 0.4) is 0 Å².